The molecule has 1 aromatic heterocycles. The van der Waals surface area contributed by atoms with Crippen LogP contribution in [-0.4, -0.2) is 5.78 Å². The number of carbonyl (C=O) groups excluding carboxylic acids is 1. The zero-order valence-electron chi connectivity index (χ0n) is 12.9. The molecular formula is C19H12F3NOS. The number of nitrogens with two attached hydrogens (primary N) is 1. The number of fused-ring (bicyclic) bond motifs is 3. The molecule has 0 spiro atoms. The van der Waals surface area contributed by atoms with Crippen LogP contribution in [0.3, 0.4) is 0 Å². The first-order valence-corrected chi connectivity index (χ1v) is 8.39. The summed E-state index contributed by atoms with van der Waals surface area (Å²) in [7, 11) is 0. The molecule has 2 N–H and O–H groups in total. The molecule has 1 aliphatic carbocycles. The molecule has 3 aromatic rings. The predicted octanol–water partition coefficient (Wildman–Crippen LogP) is 5.15. The number of benzene rings is 2. The summed E-state index contributed by atoms with van der Waals surface area (Å²) in [6.45, 7) is 0. The molecule has 25 heavy (non-hydrogen) atoms. The lowest BCUT2D eigenvalue weighted by atomic mass is 9.96. The van der Waals surface area contributed by atoms with Crippen molar-refractivity contribution in [3.05, 3.63) is 75.7 Å². The van der Waals surface area contributed by atoms with Crippen molar-refractivity contribution in [3.63, 3.8) is 0 Å². The highest BCUT2D eigenvalue weighted by Crippen LogP contribution is 2.48. The van der Waals surface area contributed by atoms with Crippen molar-refractivity contribution >= 4 is 22.1 Å². The molecule has 0 aliphatic heterocycles. The minimum Gasteiger partial charge on any atom is -0.390 e. The van der Waals surface area contributed by atoms with Crippen LogP contribution in [-0.2, 0) is 12.6 Å². The van der Waals surface area contributed by atoms with E-state index in [4.69, 9.17) is 5.73 Å². The summed E-state index contributed by atoms with van der Waals surface area (Å²) in [6, 6.07) is 12.3. The third-order valence-corrected chi connectivity index (χ3v) is 5.35. The number of nitrogen functional groups attached to an aromatic ring is 1. The minimum absolute atomic E-state index is 0.263. The summed E-state index contributed by atoms with van der Waals surface area (Å²) in [5.41, 5.74) is 7.90. The van der Waals surface area contributed by atoms with Crippen molar-refractivity contribution in [2.45, 2.75) is 12.6 Å². The topological polar surface area (TPSA) is 43.1 Å². The summed E-state index contributed by atoms with van der Waals surface area (Å²) in [4.78, 5) is 13.7. The fourth-order valence-corrected chi connectivity index (χ4v) is 4.28. The highest BCUT2D eigenvalue weighted by atomic mass is 32.1. The van der Waals surface area contributed by atoms with Crippen molar-refractivity contribution in [2.75, 3.05) is 5.73 Å². The maximum absolute atomic E-state index is 13.1. The first-order chi connectivity index (χ1) is 11.9. The van der Waals surface area contributed by atoms with Crippen LogP contribution in [0.1, 0.15) is 31.9 Å². The van der Waals surface area contributed by atoms with Crippen LogP contribution >= 0.6 is 11.3 Å². The lowest BCUT2D eigenvalue weighted by molar-refractivity contribution is -0.137. The average molecular weight is 359 g/mol. The van der Waals surface area contributed by atoms with Gasteiger partial charge in [-0.15, -0.1) is 11.3 Å². The summed E-state index contributed by atoms with van der Waals surface area (Å²) >= 11 is 1.27. The standard InChI is InChI=1S/C19H12F3NOS/c20-19(21,22)12-7-6-11-8-14-15(13(11)9-12)16(18(23)25-14)17(24)10-4-2-1-3-5-10/h1-7,9H,8,23H2. The summed E-state index contributed by atoms with van der Waals surface area (Å²) in [6.07, 6.45) is -3.93. The molecule has 0 radical (unpaired) electrons. The highest BCUT2D eigenvalue weighted by Gasteiger charge is 2.35. The monoisotopic (exact) mass is 359 g/mol. The Hall–Kier alpha value is -2.60. The molecule has 0 saturated carbocycles. The first kappa shape index (κ1) is 15.9. The van der Waals surface area contributed by atoms with Gasteiger partial charge in [0.15, 0.2) is 5.78 Å². The van der Waals surface area contributed by atoms with E-state index < -0.39 is 11.7 Å². The summed E-state index contributed by atoms with van der Waals surface area (Å²) < 4.78 is 39.2. The van der Waals surface area contributed by atoms with Crippen LogP contribution in [0.5, 0.6) is 0 Å². The maximum Gasteiger partial charge on any atom is 0.416 e. The van der Waals surface area contributed by atoms with E-state index in [-0.39, 0.29) is 5.78 Å². The third kappa shape index (κ3) is 2.53. The first-order valence-electron chi connectivity index (χ1n) is 7.57. The van der Waals surface area contributed by atoms with Crippen molar-refractivity contribution in [3.8, 4) is 11.1 Å². The molecule has 2 nitrogen and oxygen atoms in total. The largest absolute Gasteiger partial charge is 0.416 e. The molecule has 4 rings (SSSR count). The van der Waals surface area contributed by atoms with E-state index in [9.17, 15) is 18.0 Å². The van der Waals surface area contributed by atoms with Crippen LogP contribution < -0.4 is 5.73 Å². The van der Waals surface area contributed by atoms with Gasteiger partial charge in [-0.2, -0.15) is 13.2 Å². The van der Waals surface area contributed by atoms with Gasteiger partial charge in [-0.1, -0.05) is 36.4 Å². The minimum atomic E-state index is -4.43. The van der Waals surface area contributed by atoms with Gasteiger partial charge in [-0.3, -0.25) is 4.79 Å². The van der Waals surface area contributed by atoms with E-state index in [0.717, 1.165) is 22.6 Å². The fraction of sp³-hybridized carbons (Fsp3) is 0.105. The predicted molar refractivity (Wildman–Crippen MR) is 91.8 cm³/mol. The molecule has 126 valence electrons. The Kier molecular flexibility index (Phi) is 3.47. The van der Waals surface area contributed by atoms with E-state index in [1.807, 2.05) is 0 Å². The Balaban J connectivity index is 1.89. The van der Waals surface area contributed by atoms with Gasteiger partial charge in [0.1, 0.15) is 0 Å². The average Bonchev–Trinajstić information content (AvgIpc) is 3.08. The zero-order valence-corrected chi connectivity index (χ0v) is 13.7. The van der Waals surface area contributed by atoms with E-state index in [2.05, 4.69) is 0 Å². The van der Waals surface area contributed by atoms with Gasteiger partial charge in [-0.05, 0) is 23.3 Å². The molecule has 0 saturated heterocycles. The van der Waals surface area contributed by atoms with Crippen molar-refractivity contribution < 1.29 is 18.0 Å². The molecular weight excluding hydrogens is 347 g/mol. The van der Waals surface area contributed by atoms with Gasteiger partial charge in [-0.25, -0.2) is 0 Å². The van der Waals surface area contributed by atoms with Gasteiger partial charge in [0, 0.05) is 22.4 Å². The number of thiophene rings is 1. The van der Waals surface area contributed by atoms with Crippen LogP contribution in [0.4, 0.5) is 18.2 Å². The number of alkyl halides is 3. The van der Waals surface area contributed by atoms with Gasteiger partial charge < -0.3 is 5.73 Å². The molecule has 0 amide bonds. The Morgan fingerprint density at radius 1 is 1.08 bits per heavy atom. The normalized spacial score (nSPS) is 12.8. The number of hydrogen-bond donors (Lipinski definition) is 1. The van der Waals surface area contributed by atoms with Gasteiger partial charge in [0.2, 0.25) is 0 Å². The van der Waals surface area contributed by atoms with Gasteiger partial charge in [0.25, 0.3) is 0 Å². The SMILES string of the molecule is Nc1sc2c(c1C(=O)c1ccccc1)-c1cc(C(F)(F)F)ccc1C2. The third-order valence-electron chi connectivity index (χ3n) is 4.33. The van der Waals surface area contributed by atoms with Crippen LogP contribution in [0.15, 0.2) is 48.5 Å². The Morgan fingerprint density at radius 2 is 1.80 bits per heavy atom. The zero-order chi connectivity index (χ0) is 17.8. The molecule has 1 aliphatic rings. The van der Waals surface area contributed by atoms with E-state index in [1.54, 1.807) is 30.3 Å². The van der Waals surface area contributed by atoms with Crippen molar-refractivity contribution in [1.82, 2.24) is 0 Å². The molecule has 0 bridgehead atoms. The second-order valence-electron chi connectivity index (χ2n) is 5.88. The van der Waals surface area contributed by atoms with Gasteiger partial charge in [0.05, 0.1) is 16.1 Å². The molecule has 0 atom stereocenters. The number of hydrogen-bond acceptors (Lipinski definition) is 3. The number of rotatable bonds is 2. The number of halogens is 3. The van der Waals surface area contributed by atoms with E-state index >= 15 is 0 Å². The second-order valence-corrected chi connectivity index (χ2v) is 7.02. The lowest BCUT2D eigenvalue weighted by Crippen LogP contribution is -2.06. The fourth-order valence-electron chi connectivity index (χ4n) is 3.18. The van der Waals surface area contributed by atoms with Crippen LogP contribution in [0, 0.1) is 0 Å². The summed E-state index contributed by atoms with van der Waals surface area (Å²) in [5, 5.41) is 0.349. The van der Waals surface area contributed by atoms with Gasteiger partial charge >= 0.3 is 6.18 Å². The van der Waals surface area contributed by atoms with E-state index in [0.29, 0.717) is 33.7 Å². The molecule has 1 heterocycles. The highest BCUT2D eigenvalue weighted by molar-refractivity contribution is 7.17. The number of ketones is 1. The van der Waals surface area contributed by atoms with Crippen molar-refractivity contribution in [1.29, 1.82) is 0 Å². The lowest BCUT2D eigenvalue weighted by Gasteiger charge is -2.10. The van der Waals surface area contributed by atoms with Crippen LogP contribution in [0.25, 0.3) is 11.1 Å². The van der Waals surface area contributed by atoms with Crippen molar-refractivity contribution in [2.24, 2.45) is 0 Å². The Morgan fingerprint density at radius 3 is 2.48 bits per heavy atom. The summed E-state index contributed by atoms with van der Waals surface area (Å²) in [5.74, 6) is -0.263. The molecule has 0 unspecified atom stereocenters. The van der Waals surface area contributed by atoms with Crippen LogP contribution in [0.2, 0.25) is 0 Å². The second kappa shape index (κ2) is 5.46. The Labute approximate surface area is 145 Å². The molecule has 2 aromatic carbocycles. The molecule has 0 fully saturated rings. The smallest absolute Gasteiger partial charge is 0.390 e. The quantitative estimate of drug-likeness (QED) is 0.503. The maximum atomic E-state index is 13.1. The number of anilines is 1. The van der Waals surface area contributed by atoms with E-state index in [1.165, 1.54) is 17.4 Å². The number of carbonyl (C=O) groups is 1. The molecule has 6 heteroatoms. The Bertz CT molecular complexity index is 990.